The second kappa shape index (κ2) is 3.83. The summed E-state index contributed by atoms with van der Waals surface area (Å²) in [5, 5.41) is 0. The zero-order valence-corrected chi connectivity index (χ0v) is 11.0. The SMILES string of the molecule is COC(C)(C)[C@@H]1CC[C@]2(C)CC(=O)C[C@H]1C2. The van der Waals surface area contributed by atoms with Crippen molar-refractivity contribution in [2.75, 3.05) is 7.11 Å². The van der Waals surface area contributed by atoms with Crippen molar-refractivity contribution >= 4 is 5.78 Å². The largest absolute Gasteiger partial charge is 0.379 e. The second-order valence-corrected chi connectivity index (χ2v) is 6.65. The molecular weight excluding hydrogens is 200 g/mol. The van der Waals surface area contributed by atoms with E-state index < -0.39 is 0 Å². The van der Waals surface area contributed by atoms with E-state index in [4.69, 9.17) is 4.74 Å². The summed E-state index contributed by atoms with van der Waals surface area (Å²) in [5.41, 5.74) is 0.212. The van der Waals surface area contributed by atoms with Crippen LogP contribution in [-0.4, -0.2) is 18.5 Å². The van der Waals surface area contributed by atoms with Crippen molar-refractivity contribution in [3.63, 3.8) is 0 Å². The normalized spacial score (nSPS) is 39.9. The number of carbonyl (C=O) groups excluding carboxylic acids is 1. The Kier molecular flexibility index (Phi) is 2.90. The molecule has 0 amide bonds. The lowest BCUT2D eigenvalue weighted by atomic mass is 9.56. The molecule has 0 saturated heterocycles. The van der Waals surface area contributed by atoms with Crippen LogP contribution < -0.4 is 0 Å². The highest BCUT2D eigenvalue weighted by Crippen LogP contribution is 2.52. The highest BCUT2D eigenvalue weighted by atomic mass is 16.5. The Bertz CT molecular complexity index is 295. The molecule has 2 rings (SSSR count). The average Bonchev–Trinajstić information content (AvgIpc) is 2.15. The lowest BCUT2D eigenvalue weighted by Gasteiger charge is -2.50. The van der Waals surface area contributed by atoms with Crippen molar-refractivity contribution in [2.24, 2.45) is 17.3 Å². The van der Waals surface area contributed by atoms with E-state index in [-0.39, 0.29) is 5.60 Å². The van der Waals surface area contributed by atoms with Gasteiger partial charge in [-0.25, -0.2) is 0 Å². The smallest absolute Gasteiger partial charge is 0.133 e. The molecule has 0 unspecified atom stereocenters. The fraction of sp³-hybridized carbons (Fsp3) is 0.929. The first kappa shape index (κ1) is 12.1. The molecule has 0 aromatic heterocycles. The molecular formula is C14H24O2. The summed E-state index contributed by atoms with van der Waals surface area (Å²) >= 11 is 0. The Morgan fingerprint density at radius 1 is 1.44 bits per heavy atom. The molecule has 0 aromatic rings. The summed E-state index contributed by atoms with van der Waals surface area (Å²) in [6.45, 7) is 6.62. The van der Waals surface area contributed by atoms with Crippen molar-refractivity contribution in [2.45, 2.75) is 58.5 Å². The number of Topliss-reactive ketones (excluding diaryl/α,β-unsaturated/α-hetero) is 1. The van der Waals surface area contributed by atoms with Gasteiger partial charge in [0.05, 0.1) is 5.60 Å². The highest BCUT2D eigenvalue weighted by molar-refractivity contribution is 5.80. The molecule has 2 heteroatoms. The standard InChI is InChI=1S/C14H24O2/c1-13(2,16-4)12-5-6-14(3)8-10(12)7-11(15)9-14/h10,12H,5-9H2,1-4H3/t10-,12+,14-/m0/s1. The summed E-state index contributed by atoms with van der Waals surface area (Å²) < 4.78 is 5.63. The molecule has 2 fully saturated rings. The zero-order valence-electron chi connectivity index (χ0n) is 11.0. The number of fused-ring (bicyclic) bond motifs is 2. The molecule has 0 heterocycles. The van der Waals surface area contributed by atoms with Gasteiger partial charge in [0.15, 0.2) is 0 Å². The van der Waals surface area contributed by atoms with E-state index >= 15 is 0 Å². The molecule has 2 saturated carbocycles. The van der Waals surface area contributed by atoms with Crippen molar-refractivity contribution in [1.82, 2.24) is 0 Å². The Balaban J connectivity index is 2.18. The van der Waals surface area contributed by atoms with Crippen LogP contribution in [-0.2, 0) is 9.53 Å². The van der Waals surface area contributed by atoms with Crippen molar-refractivity contribution < 1.29 is 9.53 Å². The number of methoxy groups -OCH3 is 1. The zero-order chi connectivity index (χ0) is 12.0. The third-order valence-electron chi connectivity index (χ3n) is 4.92. The first-order chi connectivity index (χ1) is 7.36. The molecule has 2 nitrogen and oxygen atoms in total. The number of rotatable bonds is 2. The van der Waals surface area contributed by atoms with Gasteiger partial charge in [0, 0.05) is 20.0 Å². The fourth-order valence-electron chi connectivity index (χ4n) is 3.90. The minimum Gasteiger partial charge on any atom is -0.379 e. The van der Waals surface area contributed by atoms with Gasteiger partial charge in [0.1, 0.15) is 5.78 Å². The lowest BCUT2D eigenvalue weighted by molar-refractivity contribution is -0.135. The Hall–Kier alpha value is -0.370. The molecule has 0 N–H and O–H groups in total. The van der Waals surface area contributed by atoms with Crippen LogP contribution >= 0.6 is 0 Å². The van der Waals surface area contributed by atoms with Crippen molar-refractivity contribution in [3.05, 3.63) is 0 Å². The van der Waals surface area contributed by atoms with Crippen molar-refractivity contribution in [3.8, 4) is 0 Å². The second-order valence-electron chi connectivity index (χ2n) is 6.65. The first-order valence-electron chi connectivity index (χ1n) is 6.43. The molecule has 2 aliphatic rings. The molecule has 0 spiro atoms. The van der Waals surface area contributed by atoms with E-state index in [2.05, 4.69) is 20.8 Å². The van der Waals surface area contributed by atoms with E-state index in [9.17, 15) is 4.79 Å². The first-order valence-corrected chi connectivity index (χ1v) is 6.43. The Morgan fingerprint density at radius 2 is 2.12 bits per heavy atom. The molecule has 16 heavy (non-hydrogen) atoms. The molecule has 0 radical (unpaired) electrons. The summed E-state index contributed by atoms with van der Waals surface area (Å²) in [7, 11) is 1.79. The van der Waals surface area contributed by atoms with Gasteiger partial charge in [-0.15, -0.1) is 0 Å². The Labute approximate surface area is 98.7 Å². The summed E-state index contributed by atoms with van der Waals surface area (Å²) in [6.07, 6.45) is 5.22. The topological polar surface area (TPSA) is 26.3 Å². The van der Waals surface area contributed by atoms with E-state index in [1.165, 1.54) is 19.3 Å². The summed E-state index contributed by atoms with van der Waals surface area (Å²) in [4.78, 5) is 11.8. The molecule has 3 atom stereocenters. The van der Waals surface area contributed by atoms with Gasteiger partial charge in [-0.1, -0.05) is 6.92 Å². The highest BCUT2D eigenvalue weighted by Gasteiger charge is 2.48. The summed E-state index contributed by atoms with van der Waals surface area (Å²) in [6, 6.07) is 0. The minimum atomic E-state index is -0.0797. The van der Waals surface area contributed by atoms with Crippen LogP contribution in [0, 0.1) is 17.3 Å². The number of carbonyl (C=O) groups is 1. The molecule has 92 valence electrons. The van der Waals surface area contributed by atoms with Crippen LogP contribution in [0.2, 0.25) is 0 Å². The fourth-order valence-corrected chi connectivity index (χ4v) is 3.90. The van der Waals surface area contributed by atoms with E-state index in [0.29, 0.717) is 23.0 Å². The van der Waals surface area contributed by atoms with Crippen LogP contribution in [0.3, 0.4) is 0 Å². The monoisotopic (exact) mass is 224 g/mol. The van der Waals surface area contributed by atoms with Crippen LogP contribution in [0.1, 0.15) is 52.9 Å². The van der Waals surface area contributed by atoms with Crippen LogP contribution in [0.15, 0.2) is 0 Å². The summed E-state index contributed by atoms with van der Waals surface area (Å²) in [5.74, 6) is 1.57. The predicted molar refractivity (Wildman–Crippen MR) is 64.3 cm³/mol. The number of ketones is 1. The van der Waals surface area contributed by atoms with Gasteiger partial charge < -0.3 is 4.74 Å². The maximum atomic E-state index is 11.8. The maximum absolute atomic E-state index is 11.8. The number of hydrogen-bond acceptors (Lipinski definition) is 2. The number of hydrogen-bond donors (Lipinski definition) is 0. The third-order valence-corrected chi connectivity index (χ3v) is 4.92. The number of ether oxygens (including phenoxy) is 1. The van der Waals surface area contributed by atoms with Crippen LogP contribution in [0.4, 0.5) is 0 Å². The molecule has 0 aromatic carbocycles. The predicted octanol–water partition coefficient (Wildman–Crippen LogP) is 3.20. The maximum Gasteiger partial charge on any atom is 0.133 e. The van der Waals surface area contributed by atoms with Crippen LogP contribution in [0.25, 0.3) is 0 Å². The quantitative estimate of drug-likeness (QED) is 0.720. The van der Waals surface area contributed by atoms with Gasteiger partial charge in [0.2, 0.25) is 0 Å². The van der Waals surface area contributed by atoms with Crippen molar-refractivity contribution in [1.29, 1.82) is 0 Å². The lowest BCUT2D eigenvalue weighted by Crippen LogP contribution is -2.47. The molecule has 2 bridgehead atoms. The Morgan fingerprint density at radius 3 is 2.75 bits per heavy atom. The third kappa shape index (κ3) is 2.04. The molecule has 2 aliphatic carbocycles. The van der Waals surface area contributed by atoms with Gasteiger partial charge in [-0.3, -0.25) is 4.79 Å². The van der Waals surface area contributed by atoms with Gasteiger partial charge in [-0.05, 0) is 50.4 Å². The van der Waals surface area contributed by atoms with E-state index in [1.807, 2.05) is 0 Å². The van der Waals surface area contributed by atoms with Gasteiger partial charge >= 0.3 is 0 Å². The van der Waals surface area contributed by atoms with Gasteiger partial charge in [-0.2, -0.15) is 0 Å². The molecule has 0 aliphatic heterocycles. The van der Waals surface area contributed by atoms with Gasteiger partial charge in [0.25, 0.3) is 0 Å². The van der Waals surface area contributed by atoms with Crippen LogP contribution in [0.5, 0.6) is 0 Å². The minimum absolute atomic E-state index is 0.0797. The van der Waals surface area contributed by atoms with E-state index in [1.54, 1.807) is 7.11 Å². The van der Waals surface area contributed by atoms with E-state index in [0.717, 1.165) is 12.8 Å². The average molecular weight is 224 g/mol.